The number of halogens is 2. The van der Waals surface area contributed by atoms with E-state index in [9.17, 15) is 5.11 Å². The summed E-state index contributed by atoms with van der Waals surface area (Å²) in [6.45, 7) is -0.0600. The molecule has 1 unspecified atom stereocenters. The predicted octanol–water partition coefficient (Wildman–Crippen LogP) is 4.41. The predicted molar refractivity (Wildman–Crippen MR) is 78.8 cm³/mol. The van der Waals surface area contributed by atoms with Crippen molar-refractivity contribution in [3.8, 4) is 0 Å². The summed E-state index contributed by atoms with van der Waals surface area (Å²) in [4.78, 5) is 0. The number of methoxy groups -OCH3 is 1. The first kappa shape index (κ1) is 15.1. The normalized spacial score (nSPS) is 20.2. The number of benzene rings is 1. The number of hydrogen-bond acceptors (Lipinski definition) is 2. The van der Waals surface area contributed by atoms with Gasteiger partial charge in [0.2, 0.25) is 0 Å². The molecule has 4 heteroatoms. The Hall–Kier alpha value is -0.280. The Kier molecular flexibility index (Phi) is 5.13. The van der Waals surface area contributed by atoms with Crippen molar-refractivity contribution >= 4 is 23.2 Å². The molecule has 1 aliphatic rings. The summed E-state index contributed by atoms with van der Waals surface area (Å²) >= 11 is 12.3. The van der Waals surface area contributed by atoms with Gasteiger partial charge in [-0.3, -0.25) is 0 Å². The Morgan fingerprint density at radius 3 is 2.47 bits per heavy atom. The SMILES string of the molecule is COC(CO)(c1ccc(Cl)cc1Cl)C1CCCCC1. The highest BCUT2D eigenvalue weighted by atomic mass is 35.5. The molecule has 2 rings (SSSR count). The topological polar surface area (TPSA) is 29.5 Å². The van der Waals surface area contributed by atoms with E-state index < -0.39 is 5.60 Å². The van der Waals surface area contributed by atoms with Gasteiger partial charge in [-0.2, -0.15) is 0 Å². The number of aliphatic hydroxyl groups is 1. The molecule has 0 saturated heterocycles. The van der Waals surface area contributed by atoms with Crippen molar-refractivity contribution < 1.29 is 9.84 Å². The van der Waals surface area contributed by atoms with Crippen LogP contribution in [0.4, 0.5) is 0 Å². The molecule has 1 atom stereocenters. The third-order valence-corrected chi connectivity index (χ3v) is 4.80. The van der Waals surface area contributed by atoms with E-state index in [2.05, 4.69) is 0 Å². The second-order valence-corrected chi connectivity index (χ2v) is 6.05. The Morgan fingerprint density at radius 1 is 1.26 bits per heavy atom. The molecule has 1 saturated carbocycles. The average molecular weight is 303 g/mol. The summed E-state index contributed by atoms with van der Waals surface area (Å²) in [6, 6.07) is 5.39. The molecular formula is C15H20Cl2O2. The third-order valence-electron chi connectivity index (χ3n) is 4.25. The molecule has 0 aliphatic heterocycles. The maximum Gasteiger partial charge on any atom is 0.120 e. The van der Waals surface area contributed by atoms with E-state index in [0.29, 0.717) is 16.0 Å². The summed E-state index contributed by atoms with van der Waals surface area (Å²) in [5, 5.41) is 11.1. The van der Waals surface area contributed by atoms with Gasteiger partial charge in [0.15, 0.2) is 0 Å². The van der Waals surface area contributed by atoms with E-state index in [0.717, 1.165) is 18.4 Å². The van der Waals surface area contributed by atoms with E-state index in [1.807, 2.05) is 6.07 Å². The second-order valence-electron chi connectivity index (χ2n) is 5.21. The number of rotatable bonds is 4. The lowest BCUT2D eigenvalue weighted by atomic mass is 9.73. The van der Waals surface area contributed by atoms with Gasteiger partial charge in [0.25, 0.3) is 0 Å². The van der Waals surface area contributed by atoms with Crippen LogP contribution in [0.5, 0.6) is 0 Å². The molecule has 0 amide bonds. The first-order valence-electron chi connectivity index (χ1n) is 6.75. The Bertz CT molecular complexity index is 424. The first-order valence-corrected chi connectivity index (χ1v) is 7.51. The van der Waals surface area contributed by atoms with E-state index in [1.165, 1.54) is 19.3 Å². The highest BCUT2D eigenvalue weighted by Gasteiger charge is 2.42. The van der Waals surface area contributed by atoms with E-state index in [-0.39, 0.29) is 6.61 Å². The van der Waals surface area contributed by atoms with Crippen LogP contribution < -0.4 is 0 Å². The fourth-order valence-electron chi connectivity index (χ4n) is 3.18. The van der Waals surface area contributed by atoms with Gasteiger partial charge in [-0.05, 0) is 30.9 Å². The molecule has 1 aromatic carbocycles. The fourth-order valence-corrected chi connectivity index (χ4v) is 3.75. The third kappa shape index (κ3) is 2.92. The summed E-state index contributed by atoms with van der Waals surface area (Å²) < 4.78 is 5.76. The minimum atomic E-state index is -0.706. The summed E-state index contributed by atoms with van der Waals surface area (Å²) in [5.41, 5.74) is 0.137. The zero-order valence-electron chi connectivity index (χ0n) is 11.2. The fraction of sp³-hybridized carbons (Fsp3) is 0.600. The Morgan fingerprint density at radius 2 is 1.95 bits per heavy atom. The molecule has 0 radical (unpaired) electrons. The van der Waals surface area contributed by atoms with E-state index >= 15 is 0 Å². The molecule has 0 heterocycles. The van der Waals surface area contributed by atoms with Gasteiger partial charge in [-0.15, -0.1) is 0 Å². The van der Waals surface area contributed by atoms with Crippen molar-refractivity contribution in [1.29, 1.82) is 0 Å². The lowest BCUT2D eigenvalue weighted by Crippen LogP contribution is -2.42. The maximum absolute atomic E-state index is 9.96. The molecule has 1 aromatic rings. The maximum atomic E-state index is 9.96. The zero-order valence-corrected chi connectivity index (χ0v) is 12.7. The monoisotopic (exact) mass is 302 g/mol. The second kappa shape index (κ2) is 6.45. The largest absolute Gasteiger partial charge is 0.393 e. The van der Waals surface area contributed by atoms with Crippen molar-refractivity contribution in [1.82, 2.24) is 0 Å². The lowest BCUT2D eigenvalue weighted by Gasteiger charge is -2.41. The summed E-state index contributed by atoms with van der Waals surface area (Å²) in [6.07, 6.45) is 5.75. The molecular weight excluding hydrogens is 283 g/mol. The van der Waals surface area contributed by atoms with Crippen LogP contribution in [0.1, 0.15) is 37.7 Å². The smallest absolute Gasteiger partial charge is 0.120 e. The van der Waals surface area contributed by atoms with Crippen LogP contribution in [-0.2, 0) is 10.3 Å². The molecule has 1 aliphatic carbocycles. The molecule has 106 valence electrons. The molecule has 2 nitrogen and oxygen atoms in total. The van der Waals surface area contributed by atoms with Gasteiger partial charge >= 0.3 is 0 Å². The van der Waals surface area contributed by atoms with Crippen molar-refractivity contribution in [2.24, 2.45) is 5.92 Å². The highest BCUT2D eigenvalue weighted by molar-refractivity contribution is 6.35. The summed E-state index contributed by atoms with van der Waals surface area (Å²) in [7, 11) is 1.65. The van der Waals surface area contributed by atoms with Gasteiger partial charge in [0, 0.05) is 22.7 Å². The lowest BCUT2D eigenvalue weighted by molar-refractivity contribution is -0.109. The van der Waals surface area contributed by atoms with Crippen molar-refractivity contribution in [2.45, 2.75) is 37.7 Å². The van der Waals surface area contributed by atoms with Gasteiger partial charge in [0.1, 0.15) is 5.60 Å². The number of aliphatic hydroxyl groups excluding tert-OH is 1. The Labute approximate surface area is 124 Å². The van der Waals surface area contributed by atoms with Crippen LogP contribution in [0.25, 0.3) is 0 Å². The molecule has 0 spiro atoms. The minimum Gasteiger partial charge on any atom is -0.393 e. The van der Waals surface area contributed by atoms with Crippen LogP contribution >= 0.6 is 23.2 Å². The van der Waals surface area contributed by atoms with Crippen LogP contribution in [0.3, 0.4) is 0 Å². The van der Waals surface area contributed by atoms with Crippen LogP contribution in [0.15, 0.2) is 18.2 Å². The zero-order chi connectivity index (χ0) is 13.9. The van der Waals surface area contributed by atoms with Crippen LogP contribution in [0, 0.1) is 5.92 Å². The molecule has 1 N–H and O–H groups in total. The highest BCUT2D eigenvalue weighted by Crippen LogP contribution is 2.44. The van der Waals surface area contributed by atoms with Gasteiger partial charge < -0.3 is 9.84 Å². The van der Waals surface area contributed by atoms with Crippen molar-refractivity contribution in [3.63, 3.8) is 0 Å². The van der Waals surface area contributed by atoms with E-state index in [1.54, 1.807) is 19.2 Å². The van der Waals surface area contributed by atoms with Gasteiger partial charge in [-0.1, -0.05) is 48.5 Å². The standard InChI is InChI=1S/C15H20Cl2O2/c1-19-15(10-18,11-5-3-2-4-6-11)13-8-7-12(16)9-14(13)17/h7-9,11,18H,2-6,10H2,1H3. The average Bonchev–Trinajstić information content (AvgIpc) is 2.44. The number of ether oxygens (including phenoxy) is 1. The van der Waals surface area contributed by atoms with Crippen LogP contribution in [0.2, 0.25) is 10.0 Å². The quantitative estimate of drug-likeness (QED) is 0.893. The first-order chi connectivity index (χ1) is 9.14. The van der Waals surface area contributed by atoms with Gasteiger partial charge in [-0.25, -0.2) is 0 Å². The minimum absolute atomic E-state index is 0.0600. The Balaban J connectivity index is 2.42. The van der Waals surface area contributed by atoms with E-state index in [4.69, 9.17) is 27.9 Å². The van der Waals surface area contributed by atoms with Gasteiger partial charge in [0.05, 0.1) is 6.61 Å². The van der Waals surface area contributed by atoms with Crippen LogP contribution in [-0.4, -0.2) is 18.8 Å². The molecule has 0 bridgehead atoms. The molecule has 19 heavy (non-hydrogen) atoms. The van der Waals surface area contributed by atoms with Crippen molar-refractivity contribution in [2.75, 3.05) is 13.7 Å². The molecule has 1 fully saturated rings. The number of hydrogen-bond donors (Lipinski definition) is 1. The molecule has 0 aromatic heterocycles. The summed E-state index contributed by atoms with van der Waals surface area (Å²) in [5.74, 6) is 0.301. The van der Waals surface area contributed by atoms with Crippen molar-refractivity contribution in [3.05, 3.63) is 33.8 Å².